The van der Waals surface area contributed by atoms with Crippen molar-refractivity contribution in [3.05, 3.63) is 35.4 Å². The normalized spacial score (nSPS) is 41.4. The largest absolute Gasteiger partial charge is 0.381 e. The summed E-state index contributed by atoms with van der Waals surface area (Å²) >= 11 is 2.92. The van der Waals surface area contributed by atoms with Crippen molar-refractivity contribution in [3.8, 4) is 0 Å². The van der Waals surface area contributed by atoms with Gasteiger partial charge in [0.25, 0.3) is 5.91 Å². The number of hydrogen-bond donors (Lipinski definition) is 1. The minimum Gasteiger partial charge on any atom is -0.381 e. The van der Waals surface area contributed by atoms with Crippen molar-refractivity contribution in [1.82, 2.24) is 5.32 Å². The maximum atomic E-state index is 14.3. The summed E-state index contributed by atoms with van der Waals surface area (Å²) in [6.07, 6.45) is 12.6. The Morgan fingerprint density at radius 3 is 2.55 bits per heavy atom. The zero-order chi connectivity index (χ0) is 27.3. The van der Waals surface area contributed by atoms with Gasteiger partial charge in [-0.2, -0.15) is 0 Å². The van der Waals surface area contributed by atoms with E-state index in [1.165, 1.54) is 63.9 Å². The standard InChI is InChI=1S/C32H46F2INO2/c1-5-38-19-21-11-14-30(3)22(17-21)12-16-32(35)27-8-6-7-25(31(27,4)15-13-28(30)32)20(2)36-29(37)24-10-9-23(33)18-26(24)34/h9-10,18,20-22,25,27-28H,5-8,11-17,19H2,1-4H3,(H,36,37)/t20-,21+,22-,25?,27-,28?,30+,31-,32-/m1/s1. The summed E-state index contributed by atoms with van der Waals surface area (Å²) in [6.45, 7) is 11.1. The van der Waals surface area contributed by atoms with E-state index < -0.39 is 17.5 Å². The number of nitrogens with one attached hydrogen (secondary N) is 1. The fourth-order valence-corrected chi connectivity index (χ4v) is 12.3. The number of amides is 1. The van der Waals surface area contributed by atoms with Crippen LogP contribution in [0.2, 0.25) is 0 Å². The Balaban J connectivity index is 1.33. The molecule has 0 radical (unpaired) electrons. The topological polar surface area (TPSA) is 38.3 Å². The van der Waals surface area contributed by atoms with Gasteiger partial charge in [-0.25, -0.2) is 8.78 Å². The third-order valence-electron chi connectivity index (χ3n) is 11.8. The maximum absolute atomic E-state index is 14.3. The molecule has 0 bridgehead atoms. The number of ether oxygens (including phenoxy) is 1. The molecule has 1 aromatic carbocycles. The summed E-state index contributed by atoms with van der Waals surface area (Å²) in [4.78, 5) is 13.0. The number of fused-ring (bicyclic) bond motifs is 5. The molecule has 3 nitrogen and oxygen atoms in total. The summed E-state index contributed by atoms with van der Waals surface area (Å²) < 4.78 is 33.8. The smallest absolute Gasteiger partial charge is 0.254 e. The predicted octanol–water partition coefficient (Wildman–Crippen LogP) is 8.34. The van der Waals surface area contributed by atoms with E-state index in [0.717, 1.165) is 49.5 Å². The first kappa shape index (κ1) is 28.8. The van der Waals surface area contributed by atoms with E-state index in [1.54, 1.807) is 0 Å². The monoisotopic (exact) mass is 641 g/mol. The molecule has 4 aliphatic rings. The summed E-state index contributed by atoms with van der Waals surface area (Å²) in [5, 5.41) is 3.13. The Morgan fingerprint density at radius 1 is 1.08 bits per heavy atom. The molecule has 0 heterocycles. The second kappa shape index (κ2) is 10.9. The molecular formula is C32H46F2INO2. The van der Waals surface area contributed by atoms with Gasteiger partial charge >= 0.3 is 0 Å². The summed E-state index contributed by atoms with van der Waals surface area (Å²) in [5.41, 5.74) is 0.492. The number of halogens is 3. The number of carbonyl (C=O) groups excluding carboxylic acids is 1. The van der Waals surface area contributed by atoms with E-state index in [4.69, 9.17) is 4.74 Å². The summed E-state index contributed by atoms with van der Waals surface area (Å²) in [5.74, 6) is 1.37. The van der Waals surface area contributed by atoms with Crippen LogP contribution in [0.4, 0.5) is 8.78 Å². The van der Waals surface area contributed by atoms with Crippen molar-refractivity contribution in [3.63, 3.8) is 0 Å². The van der Waals surface area contributed by atoms with Crippen molar-refractivity contribution < 1.29 is 18.3 Å². The minimum absolute atomic E-state index is 0.0581. The van der Waals surface area contributed by atoms with E-state index in [0.29, 0.717) is 20.7 Å². The number of alkyl halides is 1. The van der Waals surface area contributed by atoms with E-state index in [-0.39, 0.29) is 17.0 Å². The van der Waals surface area contributed by atoms with Crippen LogP contribution in [0.3, 0.4) is 0 Å². The molecule has 2 unspecified atom stereocenters. The first-order chi connectivity index (χ1) is 18.0. The molecule has 0 saturated heterocycles. The molecule has 4 fully saturated rings. The molecule has 1 N–H and O–H groups in total. The Kier molecular flexibility index (Phi) is 8.25. The van der Waals surface area contributed by atoms with Crippen LogP contribution >= 0.6 is 22.6 Å². The highest BCUT2D eigenvalue weighted by Gasteiger charge is 2.65. The quantitative estimate of drug-likeness (QED) is 0.251. The lowest BCUT2D eigenvalue weighted by Crippen LogP contribution is -2.64. The lowest BCUT2D eigenvalue weighted by atomic mass is 9.41. The van der Waals surface area contributed by atoms with Crippen molar-refractivity contribution in [2.45, 2.75) is 101 Å². The third kappa shape index (κ3) is 4.86. The van der Waals surface area contributed by atoms with Gasteiger partial charge in [0, 0.05) is 28.7 Å². The van der Waals surface area contributed by atoms with Crippen molar-refractivity contribution in [2.24, 2.45) is 40.4 Å². The molecule has 0 spiro atoms. The van der Waals surface area contributed by atoms with Gasteiger partial charge in [-0.05, 0) is 124 Å². The van der Waals surface area contributed by atoms with Gasteiger partial charge in [0.15, 0.2) is 0 Å². The summed E-state index contributed by atoms with van der Waals surface area (Å²) in [6, 6.07) is 3.14. The number of benzene rings is 1. The molecule has 6 heteroatoms. The highest BCUT2D eigenvalue weighted by atomic mass is 127. The number of rotatable bonds is 6. The molecule has 1 amide bonds. The lowest BCUT2D eigenvalue weighted by Gasteiger charge is -2.68. The molecular weight excluding hydrogens is 595 g/mol. The van der Waals surface area contributed by atoms with E-state index in [1.807, 2.05) is 0 Å². The van der Waals surface area contributed by atoms with Gasteiger partial charge < -0.3 is 10.1 Å². The van der Waals surface area contributed by atoms with Gasteiger partial charge in [0.1, 0.15) is 11.6 Å². The van der Waals surface area contributed by atoms with Crippen LogP contribution in [-0.4, -0.2) is 28.6 Å². The zero-order valence-corrected chi connectivity index (χ0v) is 25.8. The van der Waals surface area contributed by atoms with E-state index in [2.05, 4.69) is 55.6 Å². The molecule has 212 valence electrons. The first-order valence-corrected chi connectivity index (χ1v) is 16.1. The van der Waals surface area contributed by atoms with E-state index >= 15 is 0 Å². The highest BCUT2D eigenvalue weighted by molar-refractivity contribution is 14.1. The average Bonchev–Trinajstić information content (AvgIpc) is 2.86. The molecule has 0 aliphatic heterocycles. The van der Waals surface area contributed by atoms with Gasteiger partial charge in [-0.3, -0.25) is 4.79 Å². The predicted molar refractivity (Wildman–Crippen MR) is 156 cm³/mol. The maximum Gasteiger partial charge on any atom is 0.254 e. The highest BCUT2D eigenvalue weighted by Crippen LogP contribution is 2.71. The Bertz CT molecular complexity index is 1040. The molecule has 4 saturated carbocycles. The van der Waals surface area contributed by atoms with Gasteiger partial charge in [0.2, 0.25) is 0 Å². The molecule has 4 aliphatic carbocycles. The Morgan fingerprint density at radius 2 is 1.82 bits per heavy atom. The van der Waals surface area contributed by atoms with Gasteiger partial charge in [-0.1, -0.05) is 42.9 Å². The number of hydrogen-bond acceptors (Lipinski definition) is 2. The van der Waals surface area contributed by atoms with Gasteiger partial charge in [0.05, 0.1) is 5.56 Å². The molecule has 9 atom stereocenters. The molecule has 1 aromatic rings. The van der Waals surface area contributed by atoms with Crippen LogP contribution in [0.15, 0.2) is 18.2 Å². The molecule has 0 aromatic heterocycles. The van der Waals surface area contributed by atoms with Crippen LogP contribution in [0.1, 0.15) is 102 Å². The first-order valence-electron chi connectivity index (χ1n) is 15.1. The number of carbonyl (C=O) groups is 1. The van der Waals surface area contributed by atoms with Crippen LogP contribution in [0.5, 0.6) is 0 Å². The van der Waals surface area contributed by atoms with Crippen LogP contribution in [-0.2, 0) is 4.74 Å². The van der Waals surface area contributed by atoms with Crippen molar-refractivity contribution >= 4 is 28.5 Å². The van der Waals surface area contributed by atoms with Gasteiger partial charge in [-0.15, -0.1) is 0 Å². The summed E-state index contributed by atoms with van der Waals surface area (Å²) in [7, 11) is 0. The Hall–Kier alpha value is -0.760. The molecule has 38 heavy (non-hydrogen) atoms. The second-order valence-corrected chi connectivity index (χ2v) is 15.5. The van der Waals surface area contributed by atoms with Crippen LogP contribution < -0.4 is 5.32 Å². The van der Waals surface area contributed by atoms with Crippen molar-refractivity contribution in [1.29, 1.82) is 0 Å². The fourth-order valence-electron chi connectivity index (χ4n) is 9.90. The van der Waals surface area contributed by atoms with Crippen LogP contribution in [0.25, 0.3) is 0 Å². The Labute approximate surface area is 241 Å². The zero-order valence-electron chi connectivity index (χ0n) is 23.6. The lowest BCUT2D eigenvalue weighted by molar-refractivity contribution is -0.129. The molecule has 5 rings (SSSR count). The average molecular weight is 642 g/mol. The third-order valence-corrected chi connectivity index (χ3v) is 13.8. The fraction of sp³-hybridized carbons (Fsp3) is 0.781. The van der Waals surface area contributed by atoms with Crippen LogP contribution in [0, 0.1) is 52.1 Å². The minimum atomic E-state index is -0.796. The van der Waals surface area contributed by atoms with E-state index in [9.17, 15) is 13.6 Å². The SMILES string of the molecule is CCOC[C@H]1CC[C@]2(C)C3CC[C@]4(C)C([C@@H](C)NC(=O)c5ccc(F)cc5F)CCC[C@H]4[C@]3(I)CC[C@@H]2C1. The second-order valence-electron chi connectivity index (χ2n) is 13.5. The van der Waals surface area contributed by atoms with Crippen molar-refractivity contribution in [2.75, 3.05) is 13.2 Å².